The second kappa shape index (κ2) is 6.48. The highest BCUT2D eigenvalue weighted by molar-refractivity contribution is 9.10. The SMILES string of the molecule is Cc1ccc(N2CCCN(C(=O)c3cc(Br)co3)CC2)nn1. The van der Waals surface area contributed by atoms with E-state index in [0.717, 1.165) is 35.5 Å². The molecule has 6 nitrogen and oxygen atoms in total. The maximum absolute atomic E-state index is 12.4. The van der Waals surface area contributed by atoms with Gasteiger partial charge in [-0.05, 0) is 41.4 Å². The minimum atomic E-state index is -0.0671. The Hall–Kier alpha value is -1.89. The minimum Gasteiger partial charge on any atom is -0.458 e. The zero-order valence-electron chi connectivity index (χ0n) is 12.3. The van der Waals surface area contributed by atoms with Gasteiger partial charge in [0.2, 0.25) is 0 Å². The lowest BCUT2D eigenvalue weighted by Gasteiger charge is -2.22. The predicted molar refractivity (Wildman–Crippen MR) is 85.9 cm³/mol. The van der Waals surface area contributed by atoms with Gasteiger partial charge in [0.15, 0.2) is 11.6 Å². The molecule has 0 aromatic carbocycles. The molecule has 7 heteroatoms. The van der Waals surface area contributed by atoms with Crippen LogP contribution >= 0.6 is 15.9 Å². The van der Waals surface area contributed by atoms with Crippen molar-refractivity contribution in [3.63, 3.8) is 0 Å². The molecule has 0 bridgehead atoms. The molecule has 0 aliphatic carbocycles. The molecule has 0 radical (unpaired) electrons. The number of aryl methyl sites for hydroxylation is 1. The first-order valence-corrected chi connectivity index (χ1v) is 8.01. The largest absolute Gasteiger partial charge is 0.458 e. The molecule has 0 atom stereocenters. The summed E-state index contributed by atoms with van der Waals surface area (Å²) in [5, 5.41) is 8.32. The second-order valence-corrected chi connectivity index (χ2v) is 6.21. The van der Waals surface area contributed by atoms with Crippen molar-refractivity contribution in [2.75, 3.05) is 31.1 Å². The van der Waals surface area contributed by atoms with E-state index in [-0.39, 0.29) is 5.91 Å². The van der Waals surface area contributed by atoms with Crippen LogP contribution in [0.3, 0.4) is 0 Å². The summed E-state index contributed by atoms with van der Waals surface area (Å²) in [6.07, 6.45) is 2.42. The van der Waals surface area contributed by atoms with Gasteiger partial charge in [0.25, 0.3) is 5.91 Å². The van der Waals surface area contributed by atoms with E-state index >= 15 is 0 Å². The lowest BCUT2D eigenvalue weighted by atomic mass is 10.3. The first-order valence-electron chi connectivity index (χ1n) is 7.22. The van der Waals surface area contributed by atoms with Gasteiger partial charge in [-0.15, -0.1) is 5.10 Å². The number of carbonyl (C=O) groups excluding carboxylic acids is 1. The summed E-state index contributed by atoms with van der Waals surface area (Å²) in [5.74, 6) is 1.17. The zero-order valence-corrected chi connectivity index (χ0v) is 13.9. The molecule has 2 aromatic rings. The van der Waals surface area contributed by atoms with E-state index < -0.39 is 0 Å². The molecule has 1 amide bonds. The molecule has 1 fully saturated rings. The Labute approximate surface area is 137 Å². The highest BCUT2D eigenvalue weighted by atomic mass is 79.9. The third-order valence-corrected chi connectivity index (χ3v) is 4.08. The third kappa shape index (κ3) is 3.30. The monoisotopic (exact) mass is 364 g/mol. The number of halogens is 1. The Balaban J connectivity index is 1.67. The van der Waals surface area contributed by atoms with E-state index in [0.29, 0.717) is 18.8 Å². The lowest BCUT2D eigenvalue weighted by molar-refractivity contribution is 0.0735. The van der Waals surface area contributed by atoms with E-state index in [1.165, 1.54) is 6.26 Å². The summed E-state index contributed by atoms with van der Waals surface area (Å²) in [7, 11) is 0. The number of rotatable bonds is 2. The van der Waals surface area contributed by atoms with Gasteiger partial charge in [-0.2, -0.15) is 5.10 Å². The maximum atomic E-state index is 12.4. The molecule has 3 rings (SSSR count). The molecule has 0 spiro atoms. The zero-order chi connectivity index (χ0) is 15.5. The number of amides is 1. The van der Waals surface area contributed by atoms with Crippen molar-refractivity contribution in [3.8, 4) is 0 Å². The van der Waals surface area contributed by atoms with Gasteiger partial charge in [-0.25, -0.2) is 0 Å². The van der Waals surface area contributed by atoms with Crippen LogP contribution in [0.25, 0.3) is 0 Å². The molecule has 1 aliphatic heterocycles. The van der Waals surface area contributed by atoms with Crippen molar-refractivity contribution in [2.45, 2.75) is 13.3 Å². The van der Waals surface area contributed by atoms with E-state index in [1.807, 2.05) is 24.0 Å². The molecule has 1 aliphatic rings. The van der Waals surface area contributed by atoms with E-state index in [4.69, 9.17) is 4.42 Å². The fourth-order valence-corrected chi connectivity index (χ4v) is 2.79. The van der Waals surface area contributed by atoms with Crippen molar-refractivity contribution >= 4 is 27.7 Å². The summed E-state index contributed by atoms with van der Waals surface area (Å²) >= 11 is 3.30. The van der Waals surface area contributed by atoms with Crippen LogP contribution in [0.2, 0.25) is 0 Å². The molecule has 116 valence electrons. The first-order chi connectivity index (χ1) is 10.6. The van der Waals surface area contributed by atoms with Crippen LogP contribution in [-0.2, 0) is 0 Å². The molecule has 3 heterocycles. The Morgan fingerprint density at radius 1 is 1.23 bits per heavy atom. The van der Waals surface area contributed by atoms with Crippen LogP contribution in [0.15, 0.2) is 33.4 Å². The highest BCUT2D eigenvalue weighted by Gasteiger charge is 2.23. The standard InChI is InChI=1S/C15H17BrN4O2/c1-11-3-4-14(18-17-11)19-5-2-6-20(8-7-19)15(21)13-9-12(16)10-22-13/h3-4,9-10H,2,5-8H2,1H3. The Kier molecular flexibility index (Phi) is 4.42. The Bertz CT molecular complexity index is 656. The Morgan fingerprint density at radius 3 is 2.77 bits per heavy atom. The number of hydrogen-bond acceptors (Lipinski definition) is 5. The molecule has 22 heavy (non-hydrogen) atoms. The summed E-state index contributed by atoms with van der Waals surface area (Å²) in [5.41, 5.74) is 0.902. The van der Waals surface area contributed by atoms with Crippen molar-refractivity contribution in [3.05, 3.63) is 40.4 Å². The highest BCUT2D eigenvalue weighted by Crippen LogP contribution is 2.18. The molecular weight excluding hydrogens is 348 g/mol. The number of carbonyl (C=O) groups is 1. The van der Waals surface area contributed by atoms with Gasteiger partial charge in [-0.1, -0.05) is 0 Å². The van der Waals surface area contributed by atoms with Gasteiger partial charge < -0.3 is 14.2 Å². The first kappa shape index (κ1) is 15.0. The van der Waals surface area contributed by atoms with E-state index in [1.54, 1.807) is 6.07 Å². The maximum Gasteiger partial charge on any atom is 0.289 e. The number of furan rings is 1. The van der Waals surface area contributed by atoms with Crippen LogP contribution in [0.1, 0.15) is 22.7 Å². The molecular formula is C15H17BrN4O2. The minimum absolute atomic E-state index is 0.0671. The average molecular weight is 365 g/mol. The third-order valence-electron chi connectivity index (χ3n) is 3.67. The van der Waals surface area contributed by atoms with Crippen molar-refractivity contribution < 1.29 is 9.21 Å². The number of anilines is 1. The van der Waals surface area contributed by atoms with Crippen LogP contribution in [0.4, 0.5) is 5.82 Å². The van der Waals surface area contributed by atoms with Crippen LogP contribution in [0.5, 0.6) is 0 Å². The van der Waals surface area contributed by atoms with Crippen LogP contribution < -0.4 is 4.90 Å². The van der Waals surface area contributed by atoms with Crippen LogP contribution in [0, 0.1) is 6.92 Å². The molecule has 1 saturated heterocycles. The summed E-state index contributed by atoms with van der Waals surface area (Å²) in [4.78, 5) is 16.4. The number of aromatic nitrogens is 2. The topological polar surface area (TPSA) is 62.5 Å². The Morgan fingerprint density at radius 2 is 2.09 bits per heavy atom. The normalized spacial score (nSPS) is 15.7. The van der Waals surface area contributed by atoms with Crippen molar-refractivity contribution in [1.82, 2.24) is 15.1 Å². The average Bonchev–Trinajstić information content (AvgIpc) is 2.81. The summed E-state index contributed by atoms with van der Waals surface area (Å²) in [6, 6.07) is 5.64. The van der Waals surface area contributed by atoms with Gasteiger partial charge in [0.1, 0.15) is 6.26 Å². The quantitative estimate of drug-likeness (QED) is 0.818. The lowest BCUT2D eigenvalue weighted by Crippen LogP contribution is -2.35. The molecule has 0 unspecified atom stereocenters. The van der Waals surface area contributed by atoms with E-state index in [9.17, 15) is 4.79 Å². The predicted octanol–water partition coefficient (Wildman–Crippen LogP) is 2.49. The molecule has 2 aromatic heterocycles. The fraction of sp³-hybridized carbons (Fsp3) is 0.400. The molecule has 0 N–H and O–H groups in total. The second-order valence-electron chi connectivity index (χ2n) is 5.29. The smallest absolute Gasteiger partial charge is 0.289 e. The van der Waals surface area contributed by atoms with Crippen molar-refractivity contribution in [2.24, 2.45) is 0 Å². The summed E-state index contributed by atoms with van der Waals surface area (Å²) < 4.78 is 6.05. The molecule has 0 saturated carbocycles. The van der Waals surface area contributed by atoms with Crippen molar-refractivity contribution in [1.29, 1.82) is 0 Å². The number of nitrogens with zero attached hydrogens (tertiary/aromatic N) is 4. The van der Waals surface area contributed by atoms with E-state index in [2.05, 4.69) is 31.0 Å². The van der Waals surface area contributed by atoms with Gasteiger partial charge in [0.05, 0.1) is 10.2 Å². The van der Waals surface area contributed by atoms with Gasteiger partial charge in [0, 0.05) is 32.2 Å². The number of hydrogen-bond donors (Lipinski definition) is 0. The fourth-order valence-electron chi connectivity index (χ4n) is 2.49. The van der Waals surface area contributed by atoms with Gasteiger partial charge in [-0.3, -0.25) is 4.79 Å². The van der Waals surface area contributed by atoms with Gasteiger partial charge >= 0.3 is 0 Å². The summed E-state index contributed by atoms with van der Waals surface area (Å²) in [6.45, 7) is 4.88. The van der Waals surface area contributed by atoms with Crippen LogP contribution in [-0.4, -0.2) is 47.2 Å².